The van der Waals surface area contributed by atoms with Gasteiger partial charge in [-0.1, -0.05) is 20.8 Å². The van der Waals surface area contributed by atoms with Crippen molar-refractivity contribution in [3.05, 3.63) is 0 Å². The van der Waals surface area contributed by atoms with Gasteiger partial charge >= 0.3 is 5.97 Å². The Morgan fingerprint density at radius 1 is 1.00 bits per heavy atom. The molecule has 0 amide bonds. The molecule has 1 N–H and O–H groups in total. The smallest absolute Gasteiger partial charge is 0.303 e. The fourth-order valence-electron chi connectivity index (χ4n) is 8.70. The van der Waals surface area contributed by atoms with Crippen molar-refractivity contribution in [1.82, 2.24) is 0 Å². The standard InChI is InChI=1S/C24H38F2O2/c1-15(4-9-21(27)28)18-7-8-19-17-6-5-16-14-24(25,26)13-12-22(16,2)20(17)10-11-23(18,19)3/h15-20H,4-14H2,1-3H3,(H,27,28)/t15?,16?,17?,18?,19?,20?,22?,23-/m1/s1. The van der Waals surface area contributed by atoms with Gasteiger partial charge in [-0.3, -0.25) is 4.79 Å². The minimum atomic E-state index is -2.45. The zero-order valence-corrected chi connectivity index (χ0v) is 17.9. The molecule has 0 aromatic carbocycles. The molecule has 4 heteroatoms. The highest BCUT2D eigenvalue weighted by atomic mass is 19.3. The maximum atomic E-state index is 14.1. The van der Waals surface area contributed by atoms with Crippen LogP contribution in [0.4, 0.5) is 8.78 Å². The van der Waals surface area contributed by atoms with Crippen LogP contribution in [0.15, 0.2) is 0 Å². The van der Waals surface area contributed by atoms with Crippen LogP contribution in [-0.2, 0) is 4.79 Å². The number of hydrogen-bond acceptors (Lipinski definition) is 1. The Morgan fingerprint density at radius 3 is 2.43 bits per heavy atom. The molecule has 4 fully saturated rings. The molecule has 0 aromatic heterocycles. The van der Waals surface area contributed by atoms with Crippen molar-refractivity contribution in [2.75, 3.05) is 0 Å². The Labute approximate surface area is 168 Å². The summed E-state index contributed by atoms with van der Waals surface area (Å²) >= 11 is 0. The number of carboxylic acids is 1. The summed E-state index contributed by atoms with van der Waals surface area (Å²) in [5, 5.41) is 9.08. The van der Waals surface area contributed by atoms with Gasteiger partial charge in [0.25, 0.3) is 0 Å². The van der Waals surface area contributed by atoms with Gasteiger partial charge in [0.05, 0.1) is 0 Å². The van der Waals surface area contributed by atoms with Crippen LogP contribution in [-0.4, -0.2) is 17.0 Å². The highest BCUT2D eigenvalue weighted by Gasteiger charge is 2.62. The number of aliphatic carboxylic acids is 1. The number of carbonyl (C=O) groups is 1. The van der Waals surface area contributed by atoms with Gasteiger partial charge < -0.3 is 5.11 Å². The largest absolute Gasteiger partial charge is 0.481 e. The molecule has 0 heterocycles. The van der Waals surface area contributed by atoms with Crippen molar-refractivity contribution in [3.8, 4) is 0 Å². The molecular weight excluding hydrogens is 358 g/mol. The Bertz CT molecular complexity index is 620. The summed E-state index contributed by atoms with van der Waals surface area (Å²) in [7, 11) is 0. The van der Waals surface area contributed by atoms with Crippen molar-refractivity contribution < 1.29 is 18.7 Å². The van der Waals surface area contributed by atoms with Crippen LogP contribution in [0.5, 0.6) is 0 Å². The van der Waals surface area contributed by atoms with Gasteiger partial charge in [0.1, 0.15) is 0 Å². The van der Waals surface area contributed by atoms with E-state index in [4.69, 9.17) is 5.11 Å². The van der Waals surface area contributed by atoms with Gasteiger partial charge in [0.2, 0.25) is 5.92 Å². The molecule has 160 valence electrons. The third kappa shape index (κ3) is 3.21. The van der Waals surface area contributed by atoms with E-state index in [-0.39, 0.29) is 30.6 Å². The van der Waals surface area contributed by atoms with E-state index in [2.05, 4.69) is 20.8 Å². The first-order valence-corrected chi connectivity index (χ1v) is 11.7. The molecule has 0 aliphatic heterocycles. The molecule has 0 saturated heterocycles. The molecule has 4 saturated carbocycles. The molecule has 8 atom stereocenters. The van der Waals surface area contributed by atoms with Crippen molar-refractivity contribution in [2.24, 2.45) is 46.3 Å². The molecule has 4 aliphatic carbocycles. The average Bonchev–Trinajstić information content (AvgIpc) is 2.97. The number of carboxylic acid groups (broad SMARTS) is 1. The second-order valence-corrected chi connectivity index (χ2v) is 11.4. The van der Waals surface area contributed by atoms with Crippen LogP contribution in [0, 0.1) is 46.3 Å². The van der Waals surface area contributed by atoms with Crippen LogP contribution in [0.25, 0.3) is 0 Å². The Hall–Kier alpha value is -0.670. The van der Waals surface area contributed by atoms with Crippen molar-refractivity contribution >= 4 is 5.97 Å². The first kappa shape index (κ1) is 20.6. The lowest BCUT2D eigenvalue weighted by atomic mass is 9.44. The lowest BCUT2D eigenvalue weighted by Gasteiger charge is -2.61. The van der Waals surface area contributed by atoms with Gasteiger partial charge in [-0.05, 0) is 97.7 Å². The first-order valence-electron chi connectivity index (χ1n) is 11.7. The summed E-state index contributed by atoms with van der Waals surface area (Å²) in [6, 6.07) is 0. The fraction of sp³-hybridized carbons (Fsp3) is 0.958. The molecule has 28 heavy (non-hydrogen) atoms. The first-order chi connectivity index (χ1) is 13.1. The number of halogens is 2. The molecule has 0 bridgehead atoms. The summed E-state index contributed by atoms with van der Waals surface area (Å²) in [6.45, 7) is 7.08. The predicted octanol–water partition coefficient (Wildman–Crippen LogP) is 6.78. The third-order valence-corrected chi connectivity index (χ3v) is 10.2. The fourth-order valence-corrected chi connectivity index (χ4v) is 8.70. The Kier molecular flexibility index (Phi) is 5.11. The average molecular weight is 397 g/mol. The zero-order chi connectivity index (χ0) is 20.3. The van der Waals surface area contributed by atoms with E-state index in [0.29, 0.717) is 41.4 Å². The lowest BCUT2D eigenvalue weighted by molar-refractivity contribution is -0.164. The Balaban J connectivity index is 1.51. The maximum absolute atomic E-state index is 14.1. The highest BCUT2D eigenvalue weighted by molar-refractivity contribution is 5.66. The molecule has 2 nitrogen and oxygen atoms in total. The maximum Gasteiger partial charge on any atom is 0.303 e. The van der Waals surface area contributed by atoms with E-state index < -0.39 is 11.9 Å². The monoisotopic (exact) mass is 396 g/mol. The minimum Gasteiger partial charge on any atom is -0.481 e. The second kappa shape index (κ2) is 6.94. The van der Waals surface area contributed by atoms with Crippen LogP contribution < -0.4 is 0 Å². The lowest BCUT2D eigenvalue weighted by Crippen LogP contribution is -2.55. The summed E-state index contributed by atoms with van der Waals surface area (Å²) in [5.74, 6) is 0.185. The summed E-state index contributed by atoms with van der Waals surface area (Å²) in [4.78, 5) is 11.0. The second-order valence-electron chi connectivity index (χ2n) is 11.4. The number of fused-ring (bicyclic) bond motifs is 5. The van der Waals surface area contributed by atoms with Crippen LogP contribution >= 0.6 is 0 Å². The Morgan fingerprint density at radius 2 is 1.71 bits per heavy atom. The highest BCUT2D eigenvalue weighted by Crippen LogP contribution is 2.69. The van der Waals surface area contributed by atoms with E-state index in [1.165, 1.54) is 25.7 Å². The number of rotatable bonds is 4. The molecule has 4 aliphatic rings. The zero-order valence-electron chi connectivity index (χ0n) is 17.9. The molecule has 7 unspecified atom stereocenters. The van der Waals surface area contributed by atoms with E-state index >= 15 is 0 Å². The number of hydrogen-bond donors (Lipinski definition) is 1. The van der Waals surface area contributed by atoms with Crippen molar-refractivity contribution in [3.63, 3.8) is 0 Å². The normalized spacial score (nSPS) is 48.2. The van der Waals surface area contributed by atoms with Gasteiger partial charge in [-0.25, -0.2) is 8.78 Å². The third-order valence-electron chi connectivity index (χ3n) is 10.2. The topological polar surface area (TPSA) is 37.3 Å². The summed E-state index contributed by atoms with van der Waals surface area (Å²) < 4.78 is 28.1. The predicted molar refractivity (Wildman–Crippen MR) is 106 cm³/mol. The number of alkyl halides is 2. The molecule has 4 rings (SSSR count). The van der Waals surface area contributed by atoms with Gasteiger partial charge in [0, 0.05) is 19.3 Å². The van der Waals surface area contributed by atoms with E-state index in [1.54, 1.807) is 0 Å². The molecule has 0 aromatic rings. The van der Waals surface area contributed by atoms with E-state index in [0.717, 1.165) is 19.3 Å². The van der Waals surface area contributed by atoms with Crippen molar-refractivity contribution in [2.45, 2.75) is 97.3 Å². The van der Waals surface area contributed by atoms with Gasteiger partial charge in [0.15, 0.2) is 0 Å². The van der Waals surface area contributed by atoms with E-state index in [9.17, 15) is 13.6 Å². The summed E-state index contributed by atoms with van der Waals surface area (Å²) in [6.07, 6.45) is 8.97. The minimum absolute atomic E-state index is 0.0833. The summed E-state index contributed by atoms with van der Waals surface area (Å²) in [5.41, 5.74) is 0.430. The molecule has 0 spiro atoms. The van der Waals surface area contributed by atoms with Crippen LogP contribution in [0.2, 0.25) is 0 Å². The van der Waals surface area contributed by atoms with Gasteiger partial charge in [-0.15, -0.1) is 0 Å². The van der Waals surface area contributed by atoms with Crippen molar-refractivity contribution in [1.29, 1.82) is 0 Å². The van der Waals surface area contributed by atoms with Gasteiger partial charge in [-0.2, -0.15) is 0 Å². The van der Waals surface area contributed by atoms with E-state index in [1.807, 2.05) is 0 Å². The van der Waals surface area contributed by atoms with Crippen LogP contribution in [0.3, 0.4) is 0 Å². The SMILES string of the molecule is CC(CCC(=O)O)C1CCC2C3CCC4CC(F)(F)CCC4(C)C3CC[C@]12C. The van der Waals surface area contributed by atoms with Crippen LogP contribution in [0.1, 0.15) is 91.4 Å². The molecular formula is C24H38F2O2. The molecule has 0 radical (unpaired) electrons. The quantitative estimate of drug-likeness (QED) is 0.568.